The predicted octanol–water partition coefficient (Wildman–Crippen LogP) is 14.3. The van der Waals surface area contributed by atoms with Crippen molar-refractivity contribution in [2.45, 2.75) is 12.4 Å². The molecule has 10 aromatic rings. The minimum Gasteiger partial charge on any atom is -0.308 e. The first-order valence-electron chi connectivity index (χ1n) is 20.2. The van der Waals surface area contributed by atoms with Crippen molar-refractivity contribution in [2.24, 2.45) is 0 Å². The third-order valence-electron chi connectivity index (χ3n) is 11.1. The molecule has 0 spiro atoms. The molecule has 12 heteroatoms. The predicted molar refractivity (Wildman–Crippen MR) is 239 cm³/mol. The molecule has 10 rings (SSSR count). The van der Waals surface area contributed by atoms with Crippen LogP contribution < -0.4 is 0 Å². The van der Waals surface area contributed by atoms with Crippen LogP contribution in [-0.4, -0.2) is 24.5 Å². The fourth-order valence-electron chi connectivity index (χ4n) is 8.05. The van der Waals surface area contributed by atoms with Crippen molar-refractivity contribution in [2.75, 3.05) is 0 Å². The number of hydrogen-bond donors (Lipinski definition) is 0. The number of nitrogens with zero attached hydrogens (tertiary/aromatic N) is 6. The number of benzene rings is 7. The zero-order valence-corrected chi connectivity index (χ0v) is 33.8. The van der Waals surface area contributed by atoms with Gasteiger partial charge < -0.3 is 4.57 Å². The minimum absolute atomic E-state index is 0.0657. The Hall–Kier alpha value is -8.43. The Morgan fingerprint density at radius 1 is 0.400 bits per heavy atom. The Morgan fingerprint density at radius 2 is 0.769 bits per heavy atom. The highest BCUT2D eigenvalue weighted by Crippen LogP contribution is 2.46. The van der Waals surface area contributed by atoms with E-state index in [2.05, 4.69) is 6.07 Å². The number of rotatable bonds is 7. The lowest BCUT2D eigenvalue weighted by Crippen LogP contribution is -2.11. The molecule has 0 bridgehead atoms. The van der Waals surface area contributed by atoms with Crippen LogP contribution in [0.15, 0.2) is 182 Å². The molecule has 3 aromatic heterocycles. The van der Waals surface area contributed by atoms with E-state index in [1.54, 1.807) is 22.8 Å². The van der Waals surface area contributed by atoms with Crippen molar-refractivity contribution in [3.63, 3.8) is 0 Å². The highest BCUT2D eigenvalue weighted by Gasteiger charge is 2.36. The van der Waals surface area contributed by atoms with E-state index >= 15 is 13.2 Å². The number of fused-ring (bicyclic) bond motifs is 3. The van der Waals surface area contributed by atoms with Gasteiger partial charge in [-0.15, -0.1) is 0 Å². The van der Waals surface area contributed by atoms with Crippen LogP contribution in [0.2, 0.25) is 0 Å². The molecule has 314 valence electrons. The van der Waals surface area contributed by atoms with Crippen molar-refractivity contribution in [1.82, 2.24) is 24.5 Å². The Labute approximate surface area is 367 Å². The smallest absolute Gasteiger partial charge is 0.308 e. The summed E-state index contributed by atoms with van der Waals surface area (Å²) in [6, 6.07) is 51.7. The lowest BCUT2D eigenvalue weighted by Gasteiger charge is -2.21. The molecule has 7 aromatic carbocycles. The van der Waals surface area contributed by atoms with E-state index in [9.17, 15) is 18.4 Å². The van der Waals surface area contributed by atoms with Crippen molar-refractivity contribution in [3.8, 4) is 79.6 Å². The number of aromatic nitrogens is 5. The fourth-order valence-corrected chi connectivity index (χ4v) is 8.05. The van der Waals surface area contributed by atoms with Crippen molar-refractivity contribution in [3.05, 3.63) is 199 Å². The zero-order valence-electron chi connectivity index (χ0n) is 33.8. The van der Waals surface area contributed by atoms with Crippen molar-refractivity contribution in [1.29, 1.82) is 5.26 Å². The van der Waals surface area contributed by atoms with Gasteiger partial charge in [0.2, 0.25) is 0 Å². The maximum absolute atomic E-state index is 15.6. The lowest BCUT2D eigenvalue weighted by molar-refractivity contribution is -0.138. The maximum Gasteiger partial charge on any atom is 0.416 e. The largest absolute Gasteiger partial charge is 0.416 e. The van der Waals surface area contributed by atoms with Gasteiger partial charge in [0.15, 0.2) is 11.6 Å². The summed E-state index contributed by atoms with van der Waals surface area (Å²) in [5.41, 5.74) is 2.77. The van der Waals surface area contributed by atoms with Gasteiger partial charge in [-0.25, -0.2) is 19.9 Å². The van der Waals surface area contributed by atoms with Gasteiger partial charge in [-0.05, 0) is 60.7 Å². The number of halogens is 6. The molecule has 0 unspecified atom stereocenters. The summed E-state index contributed by atoms with van der Waals surface area (Å²) in [6.45, 7) is 0. The van der Waals surface area contributed by atoms with E-state index < -0.39 is 23.5 Å². The Balaban J connectivity index is 1.40. The summed E-state index contributed by atoms with van der Waals surface area (Å²) in [4.78, 5) is 19.9. The second-order valence-electron chi connectivity index (χ2n) is 15.2. The highest BCUT2D eigenvalue weighted by molar-refractivity contribution is 6.11. The molecule has 0 aliphatic carbocycles. The van der Waals surface area contributed by atoms with Crippen LogP contribution in [0.25, 0.3) is 95.3 Å². The van der Waals surface area contributed by atoms with Gasteiger partial charge in [0, 0.05) is 44.2 Å². The van der Waals surface area contributed by atoms with Crippen LogP contribution >= 0.6 is 0 Å². The SMILES string of the molecule is N#Cc1ccc2c(c1)c1cc(C(F)(F)F)ccc1n2-c1c(-c2nc(-c3ccccc3)cc(-c3ccccc3)n2)cc(C(F)(F)F)cc1-c1nc(-c2ccccc2)cc(-c2ccccc2)n1. The van der Waals surface area contributed by atoms with E-state index in [1.807, 2.05) is 121 Å². The average Bonchev–Trinajstić information content (AvgIpc) is 3.66. The molecular formula is C53H30F6N6. The second kappa shape index (κ2) is 16.0. The molecule has 0 amide bonds. The zero-order chi connectivity index (χ0) is 44.9. The molecule has 6 nitrogen and oxygen atoms in total. The Kier molecular flexibility index (Phi) is 10.0. The summed E-state index contributed by atoms with van der Waals surface area (Å²) >= 11 is 0. The second-order valence-corrected chi connectivity index (χ2v) is 15.2. The van der Waals surface area contributed by atoms with Crippen LogP contribution in [0.5, 0.6) is 0 Å². The summed E-state index contributed by atoms with van der Waals surface area (Å²) in [7, 11) is 0. The van der Waals surface area contributed by atoms with Crippen molar-refractivity contribution >= 4 is 21.8 Å². The topological polar surface area (TPSA) is 80.3 Å². The van der Waals surface area contributed by atoms with E-state index in [0.717, 1.165) is 24.3 Å². The van der Waals surface area contributed by atoms with Crippen LogP contribution in [0, 0.1) is 11.3 Å². The Bertz CT molecular complexity index is 3190. The molecule has 0 atom stereocenters. The number of alkyl halides is 6. The first-order valence-corrected chi connectivity index (χ1v) is 20.2. The molecule has 65 heavy (non-hydrogen) atoms. The van der Waals surface area contributed by atoms with Gasteiger partial charge in [-0.2, -0.15) is 31.6 Å². The molecular weight excluding hydrogens is 835 g/mol. The number of hydrogen-bond acceptors (Lipinski definition) is 5. The third kappa shape index (κ3) is 7.74. The first kappa shape index (κ1) is 40.6. The maximum atomic E-state index is 15.6. The fraction of sp³-hybridized carbons (Fsp3) is 0.0377. The summed E-state index contributed by atoms with van der Waals surface area (Å²) in [5, 5.41) is 10.3. The first-order chi connectivity index (χ1) is 31.4. The molecule has 0 aliphatic rings. The summed E-state index contributed by atoms with van der Waals surface area (Å²) < 4.78 is 91.5. The van der Waals surface area contributed by atoms with E-state index in [4.69, 9.17) is 19.9 Å². The average molecular weight is 865 g/mol. The molecule has 0 saturated carbocycles. The van der Waals surface area contributed by atoms with Crippen molar-refractivity contribution < 1.29 is 26.3 Å². The molecule has 3 heterocycles. The Morgan fingerprint density at radius 3 is 1.14 bits per heavy atom. The van der Waals surface area contributed by atoms with Crippen LogP contribution in [0.1, 0.15) is 16.7 Å². The van der Waals surface area contributed by atoms with Gasteiger partial charge in [-0.1, -0.05) is 121 Å². The van der Waals surface area contributed by atoms with E-state index in [-0.39, 0.29) is 50.3 Å². The molecule has 0 saturated heterocycles. The van der Waals surface area contributed by atoms with Crippen LogP contribution in [-0.2, 0) is 12.4 Å². The van der Waals surface area contributed by atoms with Gasteiger partial charge in [0.05, 0.1) is 62.3 Å². The number of nitriles is 1. The van der Waals surface area contributed by atoms with E-state index in [0.29, 0.717) is 50.5 Å². The minimum atomic E-state index is -4.93. The normalized spacial score (nSPS) is 11.8. The highest BCUT2D eigenvalue weighted by atomic mass is 19.4. The summed E-state index contributed by atoms with van der Waals surface area (Å²) in [5.74, 6) is -0.212. The van der Waals surface area contributed by atoms with E-state index in [1.165, 1.54) is 18.2 Å². The summed E-state index contributed by atoms with van der Waals surface area (Å²) in [6.07, 6.45) is -9.66. The quantitative estimate of drug-likeness (QED) is 0.149. The van der Waals surface area contributed by atoms with Crippen LogP contribution in [0.3, 0.4) is 0 Å². The van der Waals surface area contributed by atoms with Crippen LogP contribution in [0.4, 0.5) is 26.3 Å². The monoisotopic (exact) mass is 864 g/mol. The van der Waals surface area contributed by atoms with Gasteiger partial charge in [-0.3, -0.25) is 0 Å². The standard InChI is InChI=1S/C53H30F6N6/c54-52(55,56)37-22-24-48-40(26-37)39-25-32(31-60)21-23-47(39)65(48)49-41(50-61-43(33-13-5-1-6-14-33)29-44(62-50)34-15-7-2-8-16-34)27-38(53(57,58)59)28-42(49)51-63-45(35-17-9-3-10-18-35)30-46(64-51)36-19-11-4-12-20-36/h1-30H. The molecule has 0 radical (unpaired) electrons. The third-order valence-corrected chi connectivity index (χ3v) is 11.1. The van der Waals surface area contributed by atoms with Gasteiger partial charge in [0.25, 0.3) is 0 Å². The van der Waals surface area contributed by atoms with Gasteiger partial charge >= 0.3 is 12.4 Å². The molecule has 0 fully saturated rings. The lowest BCUT2D eigenvalue weighted by atomic mass is 9.98. The molecule has 0 aliphatic heterocycles. The molecule has 0 N–H and O–H groups in total. The van der Waals surface area contributed by atoms with Gasteiger partial charge in [0.1, 0.15) is 0 Å².